The molecule has 0 aromatic carbocycles. The normalized spacial score (nSPS) is 13.7. The first-order valence-electron chi connectivity index (χ1n) is 8.08. The van der Waals surface area contributed by atoms with Crippen LogP contribution in [0.2, 0.25) is 11.6 Å². The van der Waals surface area contributed by atoms with Crippen LogP contribution in [-0.2, 0) is 22.1 Å². The lowest BCUT2D eigenvalue weighted by Crippen LogP contribution is -2.42. The molecular formula is C14H35NO5SSi2. The minimum Gasteiger partial charge on any atom is -0.400 e. The minimum atomic E-state index is -2.38. The molecule has 0 heterocycles. The molecule has 0 spiro atoms. The van der Waals surface area contributed by atoms with Gasteiger partial charge in [0.25, 0.3) is 0 Å². The molecule has 0 bridgehead atoms. The predicted octanol–water partition coefficient (Wildman–Crippen LogP) is 1.87. The fraction of sp³-hybridized carbons (Fsp3) is 1.00. The van der Waals surface area contributed by atoms with E-state index >= 15 is 0 Å². The highest BCUT2D eigenvalue weighted by Gasteiger charge is 2.36. The Morgan fingerprint density at radius 1 is 0.957 bits per heavy atom. The fourth-order valence-electron chi connectivity index (χ4n) is 2.34. The topological polar surface area (TPSA) is 58.2 Å². The summed E-state index contributed by atoms with van der Waals surface area (Å²) >= 11 is 1.95. The van der Waals surface area contributed by atoms with Gasteiger partial charge in [0.05, 0.1) is 0 Å². The first kappa shape index (κ1) is 23.5. The molecular weight excluding hydrogens is 350 g/mol. The van der Waals surface area contributed by atoms with Gasteiger partial charge in [0, 0.05) is 53.9 Å². The summed E-state index contributed by atoms with van der Waals surface area (Å²) in [5, 5.41) is 3.48. The van der Waals surface area contributed by atoms with E-state index in [1.54, 1.807) is 35.5 Å². The second-order valence-electron chi connectivity index (χ2n) is 5.37. The van der Waals surface area contributed by atoms with Crippen molar-refractivity contribution in [3.8, 4) is 0 Å². The molecule has 1 atom stereocenters. The average molecular weight is 386 g/mol. The molecule has 1 unspecified atom stereocenters. The van der Waals surface area contributed by atoms with Crippen molar-refractivity contribution in [3.63, 3.8) is 0 Å². The highest BCUT2D eigenvalue weighted by molar-refractivity contribution is 7.99. The largest absolute Gasteiger partial charge is 0.500 e. The molecule has 0 amide bonds. The van der Waals surface area contributed by atoms with Crippen molar-refractivity contribution in [3.05, 3.63) is 0 Å². The standard InChI is InChI=1S/C14H35NO5SSi2/c1-14(22(16-2)17-3)8-9-15-10-12-21-11-7-13-23(18-4,19-5)20-6/h14-15,22H,7-13H2,1-6H3. The molecule has 0 aromatic rings. The van der Waals surface area contributed by atoms with Gasteiger partial charge in [-0.05, 0) is 30.7 Å². The molecule has 0 radical (unpaired) electrons. The van der Waals surface area contributed by atoms with E-state index in [4.69, 9.17) is 22.1 Å². The first-order valence-corrected chi connectivity index (χ1v) is 12.8. The van der Waals surface area contributed by atoms with Crippen molar-refractivity contribution >= 4 is 29.9 Å². The van der Waals surface area contributed by atoms with Gasteiger partial charge in [-0.15, -0.1) is 0 Å². The predicted molar refractivity (Wildman–Crippen MR) is 102 cm³/mol. The quantitative estimate of drug-likeness (QED) is 0.321. The lowest BCUT2D eigenvalue weighted by Gasteiger charge is -2.24. The van der Waals surface area contributed by atoms with Crippen LogP contribution in [-0.4, -0.2) is 78.2 Å². The molecule has 140 valence electrons. The molecule has 0 aliphatic heterocycles. The average Bonchev–Trinajstić information content (AvgIpc) is 2.58. The first-order chi connectivity index (χ1) is 11.1. The summed E-state index contributed by atoms with van der Waals surface area (Å²) in [4.78, 5) is 0. The van der Waals surface area contributed by atoms with Crippen LogP contribution >= 0.6 is 11.8 Å². The maximum absolute atomic E-state index is 5.41. The summed E-state index contributed by atoms with van der Waals surface area (Å²) in [5.41, 5.74) is 0.528. The summed E-state index contributed by atoms with van der Waals surface area (Å²) < 4.78 is 27.0. The molecule has 0 rings (SSSR count). The van der Waals surface area contributed by atoms with E-state index in [1.807, 2.05) is 11.8 Å². The van der Waals surface area contributed by atoms with Gasteiger partial charge in [0.15, 0.2) is 0 Å². The van der Waals surface area contributed by atoms with E-state index < -0.39 is 18.1 Å². The Bertz CT molecular complexity index is 263. The van der Waals surface area contributed by atoms with Crippen LogP contribution in [0, 0.1) is 0 Å². The zero-order valence-corrected chi connectivity index (χ0v) is 18.5. The van der Waals surface area contributed by atoms with Crippen LogP contribution in [0.25, 0.3) is 0 Å². The highest BCUT2D eigenvalue weighted by atomic mass is 32.2. The monoisotopic (exact) mass is 385 g/mol. The maximum Gasteiger partial charge on any atom is 0.500 e. The van der Waals surface area contributed by atoms with Gasteiger partial charge in [-0.25, -0.2) is 0 Å². The zero-order chi connectivity index (χ0) is 17.6. The number of thioether (sulfide) groups is 1. The molecule has 0 saturated heterocycles. The Morgan fingerprint density at radius 2 is 1.57 bits per heavy atom. The van der Waals surface area contributed by atoms with Gasteiger partial charge < -0.3 is 27.4 Å². The smallest absolute Gasteiger partial charge is 0.400 e. The molecule has 9 heteroatoms. The fourth-order valence-corrected chi connectivity index (χ4v) is 6.73. The van der Waals surface area contributed by atoms with Crippen LogP contribution in [0.5, 0.6) is 0 Å². The van der Waals surface area contributed by atoms with Crippen LogP contribution in [0.15, 0.2) is 0 Å². The molecule has 0 aliphatic rings. The molecule has 1 N–H and O–H groups in total. The van der Waals surface area contributed by atoms with Crippen molar-refractivity contribution in [2.75, 3.05) is 60.1 Å². The third kappa shape index (κ3) is 10.2. The van der Waals surface area contributed by atoms with Crippen LogP contribution in [0.4, 0.5) is 0 Å². The Morgan fingerprint density at radius 3 is 2.09 bits per heavy atom. The molecule has 0 aliphatic carbocycles. The number of hydrogen-bond acceptors (Lipinski definition) is 7. The van der Waals surface area contributed by atoms with Crippen molar-refractivity contribution in [1.82, 2.24) is 5.32 Å². The Hall–Kier alpha value is 0.544. The molecule has 0 saturated carbocycles. The Labute approximate surface area is 149 Å². The van der Waals surface area contributed by atoms with Gasteiger partial charge in [0.1, 0.15) is 0 Å². The number of hydrogen-bond donors (Lipinski definition) is 1. The molecule has 0 fully saturated rings. The van der Waals surface area contributed by atoms with Gasteiger partial charge in [-0.2, -0.15) is 11.8 Å². The zero-order valence-electron chi connectivity index (χ0n) is 15.6. The van der Waals surface area contributed by atoms with E-state index in [0.29, 0.717) is 5.54 Å². The molecule has 23 heavy (non-hydrogen) atoms. The highest BCUT2D eigenvalue weighted by Crippen LogP contribution is 2.17. The van der Waals surface area contributed by atoms with Crippen molar-refractivity contribution in [1.29, 1.82) is 0 Å². The van der Waals surface area contributed by atoms with E-state index in [-0.39, 0.29) is 0 Å². The summed E-state index contributed by atoms with van der Waals surface area (Å²) in [6.07, 6.45) is 2.16. The summed E-state index contributed by atoms with van der Waals surface area (Å²) in [5.74, 6) is 2.22. The maximum atomic E-state index is 5.41. The summed E-state index contributed by atoms with van der Waals surface area (Å²) in [6, 6.07) is 0.870. The van der Waals surface area contributed by atoms with Gasteiger partial charge in [-0.1, -0.05) is 6.92 Å². The number of rotatable bonds is 16. The summed E-state index contributed by atoms with van der Waals surface area (Å²) in [6.45, 7) is 4.26. The van der Waals surface area contributed by atoms with E-state index in [1.165, 1.54) is 0 Å². The second kappa shape index (κ2) is 14.9. The van der Waals surface area contributed by atoms with Crippen LogP contribution in [0.1, 0.15) is 19.8 Å². The van der Waals surface area contributed by atoms with Crippen molar-refractivity contribution in [2.24, 2.45) is 0 Å². The Kier molecular flexibility index (Phi) is 15.2. The Balaban J connectivity index is 3.53. The van der Waals surface area contributed by atoms with Gasteiger partial charge in [0.2, 0.25) is 0 Å². The van der Waals surface area contributed by atoms with Gasteiger partial charge in [-0.3, -0.25) is 0 Å². The number of nitrogens with one attached hydrogen (secondary N) is 1. The SMILES string of the molecule is CO[SiH](OC)C(C)CCNCCSCCC[Si](OC)(OC)OC. The van der Waals surface area contributed by atoms with E-state index in [0.717, 1.165) is 43.5 Å². The van der Waals surface area contributed by atoms with Crippen molar-refractivity contribution < 1.29 is 22.1 Å². The van der Waals surface area contributed by atoms with Gasteiger partial charge >= 0.3 is 18.1 Å². The second-order valence-corrected chi connectivity index (χ2v) is 12.5. The molecule has 0 aromatic heterocycles. The van der Waals surface area contributed by atoms with Crippen LogP contribution < -0.4 is 5.32 Å². The third-order valence-electron chi connectivity index (χ3n) is 3.83. The van der Waals surface area contributed by atoms with Crippen LogP contribution in [0.3, 0.4) is 0 Å². The lowest BCUT2D eigenvalue weighted by molar-refractivity contribution is 0.123. The third-order valence-corrected chi connectivity index (χ3v) is 9.93. The van der Waals surface area contributed by atoms with E-state index in [2.05, 4.69) is 12.2 Å². The van der Waals surface area contributed by atoms with E-state index in [9.17, 15) is 0 Å². The molecule has 6 nitrogen and oxygen atoms in total. The minimum absolute atomic E-state index is 0.528. The lowest BCUT2D eigenvalue weighted by atomic mass is 10.3. The van der Waals surface area contributed by atoms with Crippen molar-refractivity contribution in [2.45, 2.75) is 31.4 Å². The summed E-state index contributed by atoms with van der Waals surface area (Å²) in [7, 11) is 4.64.